The molecule has 1 aromatic carbocycles. The summed E-state index contributed by atoms with van der Waals surface area (Å²) < 4.78 is 80.4. The Labute approximate surface area is 190 Å². The van der Waals surface area contributed by atoms with Crippen molar-refractivity contribution in [2.75, 3.05) is 17.2 Å². The number of nitrogens with one attached hydrogen (secondary N) is 2. The van der Waals surface area contributed by atoms with Crippen LogP contribution in [0.3, 0.4) is 0 Å². The van der Waals surface area contributed by atoms with Crippen LogP contribution in [0.25, 0.3) is 11.5 Å². The summed E-state index contributed by atoms with van der Waals surface area (Å²) in [7, 11) is 0. The molecule has 0 amide bonds. The molecule has 0 saturated heterocycles. The van der Waals surface area contributed by atoms with Crippen LogP contribution in [-0.2, 0) is 12.1 Å². The Bertz CT molecular complexity index is 1170. The van der Waals surface area contributed by atoms with Crippen LogP contribution >= 0.6 is 0 Å². The summed E-state index contributed by atoms with van der Waals surface area (Å²) in [6.45, 7) is 3.63. The van der Waals surface area contributed by atoms with Gasteiger partial charge in [0.15, 0.2) is 5.82 Å². The molecule has 7 nitrogen and oxygen atoms in total. The number of hydrogen-bond donors (Lipinski definition) is 3. The van der Waals surface area contributed by atoms with Crippen molar-refractivity contribution < 1.29 is 31.4 Å². The molecule has 2 aromatic heterocycles. The molecule has 2 heterocycles. The second kappa shape index (κ2) is 9.05. The third-order valence-corrected chi connectivity index (χ3v) is 4.22. The largest absolute Gasteiger partial charge is 0.416 e. The van der Waals surface area contributed by atoms with Crippen molar-refractivity contribution in [1.29, 1.82) is 0 Å². The van der Waals surface area contributed by atoms with E-state index < -0.39 is 34.8 Å². The fourth-order valence-corrected chi connectivity index (χ4v) is 2.68. The van der Waals surface area contributed by atoms with Gasteiger partial charge in [0.05, 0.1) is 11.2 Å². The van der Waals surface area contributed by atoms with Gasteiger partial charge in [-0.3, -0.25) is 0 Å². The minimum absolute atomic E-state index is 0.0332. The summed E-state index contributed by atoms with van der Waals surface area (Å²) in [5, 5.41) is 15.1. The molecule has 13 heteroatoms. The topological polar surface area (TPSA) is 95.8 Å². The fraction of sp³-hybridized carbons (Fsp3) is 0.333. The van der Waals surface area contributed by atoms with Gasteiger partial charge in [-0.15, -0.1) is 0 Å². The molecule has 0 fully saturated rings. The molecule has 0 saturated carbocycles. The van der Waals surface area contributed by atoms with Crippen molar-refractivity contribution in [3.8, 4) is 11.5 Å². The molecule has 0 radical (unpaired) electrons. The highest BCUT2D eigenvalue weighted by Crippen LogP contribution is 2.32. The average Bonchev–Trinajstić information content (AvgIpc) is 2.70. The lowest BCUT2D eigenvalue weighted by atomic mass is 10.1. The Morgan fingerprint density at radius 2 is 1.56 bits per heavy atom. The van der Waals surface area contributed by atoms with Gasteiger partial charge in [-0.1, -0.05) is 6.07 Å². The summed E-state index contributed by atoms with van der Waals surface area (Å²) >= 11 is 0. The fourth-order valence-electron chi connectivity index (χ4n) is 2.68. The van der Waals surface area contributed by atoms with Gasteiger partial charge in [-0.25, -0.2) is 9.37 Å². The molecule has 0 spiro atoms. The number of rotatable bonds is 7. The molecule has 0 atom stereocenters. The van der Waals surface area contributed by atoms with Crippen molar-refractivity contribution in [2.24, 2.45) is 0 Å². The Morgan fingerprint density at radius 1 is 0.882 bits per heavy atom. The van der Waals surface area contributed by atoms with Crippen LogP contribution in [0, 0.1) is 5.82 Å². The molecule has 3 N–H and O–H groups in total. The number of aliphatic hydroxyl groups is 1. The Kier molecular flexibility index (Phi) is 6.69. The van der Waals surface area contributed by atoms with Crippen molar-refractivity contribution in [1.82, 2.24) is 19.9 Å². The van der Waals surface area contributed by atoms with Gasteiger partial charge >= 0.3 is 6.18 Å². The normalized spacial score (nSPS) is 12.5. The van der Waals surface area contributed by atoms with Crippen LogP contribution in [0.15, 0.2) is 36.4 Å². The number of hydrogen-bond acceptors (Lipinski definition) is 7. The van der Waals surface area contributed by atoms with Gasteiger partial charge in [-0.2, -0.15) is 36.9 Å². The lowest BCUT2D eigenvalue weighted by Crippen LogP contribution is -2.30. The molecule has 182 valence electrons. The number of alkyl halides is 5. The molecule has 3 rings (SSSR count). The number of benzene rings is 1. The number of nitrogens with zero attached hydrogens (tertiary/aromatic N) is 4. The van der Waals surface area contributed by atoms with E-state index in [-0.39, 0.29) is 35.6 Å². The van der Waals surface area contributed by atoms with Gasteiger partial charge in [0.1, 0.15) is 17.2 Å². The van der Waals surface area contributed by atoms with Gasteiger partial charge in [0.2, 0.25) is 11.9 Å². The number of pyridine rings is 1. The SMILES string of the molecule is CC(C)(O)CNc1nc(Nc2cc(F)cc(C(F)(F)F)c2)nc(-c2cccc(C(C)(F)F)n2)n1. The predicted molar refractivity (Wildman–Crippen MR) is 112 cm³/mol. The van der Waals surface area contributed by atoms with E-state index in [2.05, 4.69) is 30.6 Å². The Balaban J connectivity index is 2.05. The zero-order chi connectivity index (χ0) is 25.3. The average molecular weight is 486 g/mol. The Hall–Kier alpha value is -3.48. The number of halogens is 6. The van der Waals surface area contributed by atoms with Crippen molar-refractivity contribution in [3.63, 3.8) is 0 Å². The summed E-state index contributed by atoms with van der Waals surface area (Å²) in [4.78, 5) is 16.0. The lowest BCUT2D eigenvalue weighted by Gasteiger charge is -2.18. The first kappa shape index (κ1) is 25.1. The van der Waals surface area contributed by atoms with Crippen molar-refractivity contribution >= 4 is 17.6 Å². The van der Waals surface area contributed by atoms with Gasteiger partial charge in [0.25, 0.3) is 5.92 Å². The maximum atomic E-state index is 13.8. The van der Waals surface area contributed by atoms with Gasteiger partial charge < -0.3 is 15.7 Å². The Morgan fingerprint density at radius 3 is 2.18 bits per heavy atom. The maximum absolute atomic E-state index is 13.8. The van der Waals surface area contributed by atoms with Crippen LogP contribution in [0.2, 0.25) is 0 Å². The van der Waals surface area contributed by atoms with Crippen LogP contribution in [0.5, 0.6) is 0 Å². The summed E-state index contributed by atoms with van der Waals surface area (Å²) in [5.74, 6) is -5.02. The third-order valence-electron chi connectivity index (χ3n) is 4.22. The zero-order valence-electron chi connectivity index (χ0n) is 18.2. The summed E-state index contributed by atoms with van der Waals surface area (Å²) in [6.07, 6.45) is -4.79. The highest BCUT2D eigenvalue weighted by molar-refractivity contribution is 5.60. The van der Waals surface area contributed by atoms with Crippen molar-refractivity contribution in [3.05, 3.63) is 53.5 Å². The standard InChI is InChI=1S/C21H20F6N6O/c1-19(2,34)10-28-17-31-16(14-5-4-6-15(30-14)20(3,23)24)32-18(33-17)29-13-8-11(21(25,26)27)7-12(22)9-13/h4-9,34H,10H2,1-3H3,(H2,28,29,31,32,33). The first-order valence-corrected chi connectivity index (χ1v) is 9.83. The quantitative estimate of drug-likeness (QED) is 0.399. The van der Waals surface area contributed by atoms with E-state index in [0.717, 1.165) is 12.1 Å². The zero-order valence-corrected chi connectivity index (χ0v) is 18.2. The molecule has 0 unspecified atom stereocenters. The van der Waals surface area contributed by atoms with E-state index in [1.807, 2.05) is 0 Å². The second-order valence-corrected chi connectivity index (χ2v) is 8.12. The highest BCUT2D eigenvalue weighted by Gasteiger charge is 2.31. The van der Waals surface area contributed by atoms with Gasteiger partial charge in [0, 0.05) is 19.2 Å². The lowest BCUT2D eigenvalue weighted by molar-refractivity contribution is -0.137. The van der Waals surface area contributed by atoms with Crippen LogP contribution in [0.4, 0.5) is 43.9 Å². The molecular formula is C21H20F6N6O. The van der Waals surface area contributed by atoms with E-state index >= 15 is 0 Å². The van der Waals surface area contributed by atoms with E-state index in [1.165, 1.54) is 26.0 Å². The third kappa shape index (κ3) is 6.76. The first-order chi connectivity index (χ1) is 15.6. The molecular weight excluding hydrogens is 466 g/mol. The number of anilines is 3. The van der Waals surface area contributed by atoms with Crippen molar-refractivity contribution in [2.45, 2.75) is 38.5 Å². The first-order valence-electron chi connectivity index (χ1n) is 9.83. The van der Waals surface area contributed by atoms with E-state index in [1.54, 1.807) is 0 Å². The number of aromatic nitrogens is 4. The van der Waals surface area contributed by atoms with Crippen LogP contribution in [-0.4, -0.2) is 37.2 Å². The van der Waals surface area contributed by atoms with E-state index in [4.69, 9.17) is 0 Å². The molecule has 34 heavy (non-hydrogen) atoms. The molecule has 3 aromatic rings. The predicted octanol–water partition coefficient (Wildman–Crippen LogP) is 5.13. The maximum Gasteiger partial charge on any atom is 0.416 e. The van der Waals surface area contributed by atoms with E-state index in [9.17, 15) is 31.4 Å². The highest BCUT2D eigenvalue weighted by atomic mass is 19.4. The van der Waals surface area contributed by atoms with E-state index in [0.29, 0.717) is 19.1 Å². The smallest absolute Gasteiger partial charge is 0.389 e. The molecule has 0 aliphatic rings. The van der Waals surface area contributed by atoms with Crippen LogP contribution in [0.1, 0.15) is 32.0 Å². The summed E-state index contributed by atoms with van der Waals surface area (Å²) in [5.41, 5.74) is -3.34. The molecule has 0 bridgehead atoms. The second-order valence-electron chi connectivity index (χ2n) is 8.12. The summed E-state index contributed by atoms with van der Waals surface area (Å²) in [6, 6.07) is 5.59. The molecule has 0 aliphatic carbocycles. The minimum Gasteiger partial charge on any atom is -0.389 e. The molecule has 0 aliphatic heterocycles. The van der Waals surface area contributed by atoms with Crippen LogP contribution < -0.4 is 10.6 Å². The van der Waals surface area contributed by atoms with Gasteiger partial charge in [-0.05, 0) is 44.2 Å². The minimum atomic E-state index is -4.79. The monoisotopic (exact) mass is 486 g/mol.